The van der Waals surface area contributed by atoms with Gasteiger partial charge in [0.15, 0.2) is 6.61 Å². The minimum atomic E-state index is -0.205. The lowest BCUT2D eigenvalue weighted by Gasteiger charge is -2.08. The second kappa shape index (κ2) is 8.33. The topological polar surface area (TPSA) is 67.4 Å². The largest absolute Gasteiger partial charge is 0.484 e. The van der Waals surface area contributed by atoms with E-state index >= 15 is 0 Å². The van der Waals surface area contributed by atoms with Gasteiger partial charge in [0.2, 0.25) is 0 Å². The van der Waals surface area contributed by atoms with Crippen LogP contribution < -0.4 is 15.4 Å². The van der Waals surface area contributed by atoms with Crippen molar-refractivity contribution in [2.75, 3.05) is 13.7 Å². The first-order valence-electron chi connectivity index (χ1n) is 7.04. The van der Waals surface area contributed by atoms with Gasteiger partial charge in [0.05, 0.1) is 0 Å². The smallest absolute Gasteiger partial charge is 0.258 e. The minimum absolute atomic E-state index is 0.0437. The molecule has 0 aromatic heterocycles. The first-order valence-corrected chi connectivity index (χ1v) is 7.84. The molecule has 0 heterocycles. The Morgan fingerprint density at radius 2 is 1.70 bits per heavy atom. The van der Waals surface area contributed by atoms with Crippen LogP contribution in [-0.2, 0) is 11.3 Å². The van der Waals surface area contributed by atoms with E-state index in [9.17, 15) is 9.59 Å². The van der Waals surface area contributed by atoms with E-state index in [1.54, 1.807) is 43.4 Å². The summed E-state index contributed by atoms with van der Waals surface area (Å²) in [4.78, 5) is 23.2. The third-order valence-corrected chi connectivity index (χ3v) is 3.65. The lowest BCUT2D eigenvalue weighted by molar-refractivity contribution is -0.123. The number of benzene rings is 2. The predicted molar refractivity (Wildman–Crippen MR) is 91.3 cm³/mol. The first-order chi connectivity index (χ1) is 11.1. The molecule has 0 aliphatic heterocycles. The number of nitrogens with one attached hydrogen (secondary N) is 2. The summed E-state index contributed by atoms with van der Waals surface area (Å²) < 4.78 is 6.34. The number of amides is 2. The van der Waals surface area contributed by atoms with Crippen molar-refractivity contribution in [2.45, 2.75) is 6.54 Å². The van der Waals surface area contributed by atoms with Crippen molar-refractivity contribution < 1.29 is 14.3 Å². The number of carbonyl (C=O) groups excluding carboxylic acids is 2. The van der Waals surface area contributed by atoms with Crippen LogP contribution in [0.5, 0.6) is 5.75 Å². The van der Waals surface area contributed by atoms with Crippen LogP contribution in [0.1, 0.15) is 15.9 Å². The fourth-order valence-corrected chi connectivity index (χ4v) is 2.11. The lowest BCUT2D eigenvalue weighted by atomic mass is 10.1. The molecule has 0 unspecified atom stereocenters. The first kappa shape index (κ1) is 17.0. The Kier molecular flexibility index (Phi) is 6.17. The average Bonchev–Trinajstić information content (AvgIpc) is 2.59. The van der Waals surface area contributed by atoms with Gasteiger partial charge in [0, 0.05) is 23.6 Å². The van der Waals surface area contributed by atoms with Crippen LogP contribution >= 0.6 is 15.9 Å². The monoisotopic (exact) mass is 376 g/mol. The van der Waals surface area contributed by atoms with E-state index in [0.29, 0.717) is 17.9 Å². The second-order valence-corrected chi connectivity index (χ2v) is 5.71. The quantitative estimate of drug-likeness (QED) is 0.813. The molecule has 0 aliphatic carbocycles. The molecule has 2 aromatic carbocycles. The standard InChI is InChI=1S/C17H17BrN2O3/c1-19-17(22)13-4-2-12(3-5-13)10-20-16(21)11-23-15-8-6-14(18)7-9-15/h2-9H,10-11H2,1H3,(H,19,22)(H,20,21). The van der Waals surface area contributed by atoms with E-state index in [1.165, 1.54) is 0 Å². The van der Waals surface area contributed by atoms with Crippen molar-refractivity contribution in [3.8, 4) is 5.75 Å². The zero-order valence-corrected chi connectivity index (χ0v) is 14.2. The summed E-state index contributed by atoms with van der Waals surface area (Å²) in [7, 11) is 1.59. The zero-order valence-electron chi connectivity index (χ0n) is 12.6. The van der Waals surface area contributed by atoms with Gasteiger partial charge in [-0.15, -0.1) is 0 Å². The number of rotatable bonds is 6. The van der Waals surface area contributed by atoms with Gasteiger partial charge in [-0.3, -0.25) is 9.59 Å². The average molecular weight is 377 g/mol. The van der Waals surface area contributed by atoms with Crippen LogP contribution in [-0.4, -0.2) is 25.5 Å². The van der Waals surface area contributed by atoms with E-state index in [1.807, 2.05) is 12.1 Å². The molecule has 0 bridgehead atoms. The number of ether oxygens (including phenoxy) is 1. The minimum Gasteiger partial charge on any atom is -0.484 e. The molecule has 23 heavy (non-hydrogen) atoms. The summed E-state index contributed by atoms with van der Waals surface area (Å²) in [5.41, 5.74) is 1.50. The Bertz CT molecular complexity index is 669. The van der Waals surface area contributed by atoms with E-state index in [4.69, 9.17) is 4.74 Å². The van der Waals surface area contributed by atoms with E-state index in [-0.39, 0.29) is 18.4 Å². The summed E-state index contributed by atoms with van der Waals surface area (Å²) in [5, 5.41) is 5.33. The van der Waals surface area contributed by atoms with Gasteiger partial charge in [0.1, 0.15) is 5.75 Å². The van der Waals surface area contributed by atoms with Crippen LogP contribution in [0.2, 0.25) is 0 Å². The molecule has 120 valence electrons. The Labute approximate surface area is 143 Å². The molecule has 0 fully saturated rings. The SMILES string of the molecule is CNC(=O)c1ccc(CNC(=O)COc2ccc(Br)cc2)cc1. The van der Waals surface area contributed by atoms with Crippen molar-refractivity contribution in [3.05, 3.63) is 64.1 Å². The molecule has 6 heteroatoms. The van der Waals surface area contributed by atoms with Gasteiger partial charge in [0.25, 0.3) is 11.8 Å². The van der Waals surface area contributed by atoms with E-state index in [2.05, 4.69) is 26.6 Å². The molecular formula is C17H17BrN2O3. The highest BCUT2D eigenvalue weighted by atomic mass is 79.9. The summed E-state index contributed by atoms with van der Waals surface area (Å²) in [5.74, 6) is 0.296. The maximum atomic E-state index is 11.8. The van der Waals surface area contributed by atoms with Crippen LogP contribution in [0.25, 0.3) is 0 Å². The van der Waals surface area contributed by atoms with Crippen LogP contribution in [0.4, 0.5) is 0 Å². The lowest BCUT2D eigenvalue weighted by Crippen LogP contribution is -2.28. The zero-order chi connectivity index (χ0) is 16.7. The maximum Gasteiger partial charge on any atom is 0.258 e. The normalized spacial score (nSPS) is 10.0. The predicted octanol–water partition coefficient (Wildman–Crippen LogP) is 2.50. The molecular weight excluding hydrogens is 360 g/mol. The summed E-state index contributed by atoms with van der Waals surface area (Å²) in [6.07, 6.45) is 0. The fourth-order valence-electron chi connectivity index (χ4n) is 1.85. The van der Waals surface area contributed by atoms with Crippen molar-refractivity contribution in [1.82, 2.24) is 10.6 Å². The molecule has 0 atom stereocenters. The van der Waals surface area contributed by atoms with Crippen LogP contribution in [0, 0.1) is 0 Å². The van der Waals surface area contributed by atoms with Gasteiger partial charge in [-0.05, 0) is 42.0 Å². The number of hydrogen-bond donors (Lipinski definition) is 2. The van der Waals surface area contributed by atoms with Gasteiger partial charge < -0.3 is 15.4 Å². The third-order valence-electron chi connectivity index (χ3n) is 3.12. The molecule has 2 amide bonds. The van der Waals surface area contributed by atoms with Crippen molar-refractivity contribution in [1.29, 1.82) is 0 Å². The number of hydrogen-bond acceptors (Lipinski definition) is 3. The van der Waals surface area contributed by atoms with Gasteiger partial charge in [-0.25, -0.2) is 0 Å². The summed E-state index contributed by atoms with van der Waals surface area (Å²) in [6, 6.07) is 14.3. The Morgan fingerprint density at radius 1 is 1.04 bits per heavy atom. The summed E-state index contributed by atoms with van der Waals surface area (Å²) >= 11 is 3.33. The molecule has 2 N–H and O–H groups in total. The molecule has 0 saturated heterocycles. The Hall–Kier alpha value is -2.34. The molecule has 2 aromatic rings. The molecule has 0 radical (unpaired) electrons. The second-order valence-electron chi connectivity index (χ2n) is 4.80. The highest BCUT2D eigenvalue weighted by Crippen LogP contribution is 2.15. The summed E-state index contributed by atoms with van der Waals surface area (Å²) in [6.45, 7) is 0.342. The van der Waals surface area contributed by atoms with Gasteiger partial charge >= 0.3 is 0 Å². The number of halogens is 1. The van der Waals surface area contributed by atoms with Gasteiger partial charge in [-0.2, -0.15) is 0 Å². The third kappa shape index (κ3) is 5.41. The molecule has 2 rings (SSSR count). The van der Waals surface area contributed by atoms with Crippen molar-refractivity contribution in [3.63, 3.8) is 0 Å². The van der Waals surface area contributed by atoms with Crippen LogP contribution in [0.15, 0.2) is 53.0 Å². The van der Waals surface area contributed by atoms with Crippen molar-refractivity contribution in [2.24, 2.45) is 0 Å². The number of carbonyl (C=O) groups is 2. The Morgan fingerprint density at radius 3 is 2.30 bits per heavy atom. The highest BCUT2D eigenvalue weighted by Gasteiger charge is 2.05. The molecule has 0 aliphatic rings. The van der Waals surface area contributed by atoms with Crippen molar-refractivity contribution >= 4 is 27.7 Å². The molecule has 0 saturated carbocycles. The van der Waals surface area contributed by atoms with E-state index < -0.39 is 0 Å². The molecule has 0 spiro atoms. The van der Waals surface area contributed by atoms with E-state index in [0.717, 1.165) is 10.0 Å². The fraction of sp³-hybridized carbons (Fsp3) is 0.176. The van der Waals surface area contributed by atoms with Crippen LogP contribution in [0.3, 0.4) is 0 Å². The highest BCUT2D eigenvalue weighted by molar-refractivity contribution is 9.10. The van der Waals surface area contributed by atoms with Gasteiger partial charge in [-0.1, -0.05) is 28.1 Å². The molecule has 5 nitrogen and oxygen atoms in total. The maximum absolute atomic E-state index is 11.8. The Balaban J connectivity index is 1.77.